The van der Waals surface area contributed by atoms with Crippen molar-refractivity contribution in [3.05, 3.63) is 54.4 Å². The number of ether oxygens (including phenoxy) is 1. The number of aryl methyl sites for hydroxylation is 1. The molecule has 0 unspecified atom stereocenters. The Hall–Kier alpha value is -2.60. The van der Waals surface area contributed by atoms with Crippen molar-refractivity contribution in [2.24, 2.45) is 7.05 Å². The van der Waals surface area contributed by atoms with Crippen molar-refractivity contribution in [1.29, 1.82) is 0 Å². The summed E-state index contributed by atoms with van der Waals surface area (Å²) in [4.78, 5) is 12.2. The van der Waals surface area contributed by atoms with Gasteiger partial charge >= 0.3 is 0 Å². The van der Waals surface area contributed by atoms with Crippen LogP contribution >= 0.6 is 0 Å². The summed E-state index contributed by atoms with van der Waals surface area (Å²) < 4.78 is 7.64. The zero-order valence-electron chi connectivity index (χ0n) is 14.9. The van der Waals surface area contributed by atoms with E-state index < -0.39 is 6.10 Å². The smallest absolute Gasteiger partial charge is 0.244 e. The molecular weight excluding hydrogens is 330 g/mol. The number of nitrogens with zero attached hydrogens (tertiary/aromatic N) is 2. The fourth-order valence-electron chi connectivity index (χ4n) is 3.20. The van der Waals surface area contributed by atoms with Crippen LogP contribution in [0, 0.1) is 0 Å². The predicted octanol–water partition coefficient (Wildman–Crippen LogP) is 2.30. The molecule has 0 saturated heterocycles. The van der Waals surface area contributed by atoms with Crippen molar-refractivity contribution >= 4 is 12.0 Å². The first-order chi connectivity index (χ1) is 12.6. The quantitative estimate of drug-likeness (QED) is 0.637. The molecule has 1 aliphatic carbocycles. The van der Waals surface area contributed by atoms with Crippen LogP contribution in [-0.2, 0) is 11.8 Å². The molecule has 0 aliphatic heterocycles. The van der Waals surface area contributed by atoms with Gasteiger partial charge in [0.15, 0.2) is 0 Å². The monoisotopic (exact) mass is 355 g/mol. The van der Waals surface area contributed by atoms with Crippen LogP contribution in [0.5, 0.6) is 5.75 Å². The van der Waals surface area contributed by atoms with Gasteiger partial charge in [0.2, 0.25) is 5.91 Å². The van der Waals surface area contributed by atoms with Gasteiger partial charge in [-0.25, -0.2) is 0 Å². The molecule has 138 valence electrons. The Kier molecular flexibility index (Phi) is 6.07. The second-order valence-electron chi connectivity index (χ2n) is 6.64. The Balaban J connectivity index is 1.60. The topological polar surface area (TPSA) is 76.4 Å². The SMILES string of the molecule is Cn1cc(/C=C/C(=O)N[C@@H]2CCCC[C@@H](Oc3ccccc3)[C@@H]2O)cn1. The number of hydrogen-bond donors (Lipinski definition) is 2. The molecule has 1 amide bonds. The molecule has 1 aliphatic rings. The lowest BCUT2D eigenvalue weighted by atomic mass is 10.0. The summed E-state index contributed by atoms with van der Waals surface area (Å²) in [5.41, 5.74) is 0.856. The van der Waals surface area contributed by atoms with E-state index in [1.54, 1.807) is 17.0 Å². The Bertz CT molecular complexity index is 742. The normalized spacial score (nSPS) is 23.5. The van der Waals surface area contributed by atoms with Crippen molar-refractivity contribution in [2.75, 3.05) is 0 Å². The maximum atomic E-state index is 12.2. The minimum atomic E-state index is -0.742. The average molecular weight is 355 g/mol. The average Bonchev–Trinajstić information content (AvgIpc) is 2.99. The zero-order valence-corrected chi connectivity index (χ0v) is 14.9. The van der Waals surface area contributed by atoms with Crippen LogP contribution in [0.1, 0.15) is 31.2 Å². The number of benzene rings is 1. The number of aliphatic hydroxyl groups excluding tert-OH is 1. The first kappa shape index (κ1) is 18.2. The molecule has 2 N–H and O–H groups in total. The van der Waals surface area contributed by atoms with E-state index in [0.29, 0.717) is 0 Å². The van der Waals surface area contributed by atoms with E-state index in [0.717, 1.165) is 37.0 Å². The van der Waals surface area contributed by atoms with Gasteiger partial charge in [-0.15, -0.1) is 0 Å². The Labute approximate surface area is 153 Å². The number of rotatable bonds is 5. The van der Waals surface area contributed by atoms with Gasteiger partial charge in [0.1, 0.15) is 18.0 Å². The van der Waals surface area contributed by atoms with E-state index in [1.807, 2.05) is 43.6 Å². The number of aromatic nitrogens is 2. The van der Waals surface area contributed by atoms with Gasteiger partial charge in [-0.2, -0.15) is 5.10 Å². The zero-order chi connectivity index (χ0) is 18.4. The fourth-order valence-corrected chi connectivity index (χ4v) is 3.20. The molecule has 1 aromatic carbocycles. The Morgan fingerprint density at radius 1 is 1.31 bits per heavy atom. The van der Waals surface area contributed by atoms with Gasteiger partial charge in [-0.1, -0.05) is 24.6 Å². The first-order valence-corrected chi connectivity index (χ1v) is 8.99. The number of para-hydroxylation sites is 1. The van der Waals surface area contributed by atoms with Crippen LogP contribution in [0.15, 0.2) is 48.8 Å². The van der Waals surface area contributed by atoms with E-state index in [1.165, 1.54) is 6.08 Å². The van der Waals surface area contributed by atoms with Crippen LogP contribution in [0.4, 0.5) is 0 Å². The summed E-state index contributed by atoms with van der Waals surface area (Å²) in [6.45, 7) is 0. The minimum absolute atomic E-state index is 0.224. The van der Waals surface area contributed by atoms with Gasteiger partial charge < -0.3 is 15.2 Å². The molecule has 1 aromatic heterocycles. The molecule has 1 heterocycles. The van der Waals surface area contributed by atoms with E-state index >= 15 is 0 Å². The van der Waals surface area contributed by atoms with E-state index in [2.05, 4.69) is 10.4 Å². The molecule has 6 nitrogen and oxygen atoms in total. The highest BCUT2D eigenvalue weighted by Crippen LogP contribution is 2.23. The first-order valence-electron chi connectivity index (χ1n) is 8.99. The van der Waals surface area contributed by atoms with Gasteiger partial charge in [-0.3, -0.25) is 9.48 Å². The van der Waals surface area contributed by atoms with Crippen molar-refractivity contribution in [1.82, 2.24) is 15.1 Å². The lowest BCUT2D eigenvalue weighted by Crippen LogP contribution is -2.48. The highest BCUT2D eigenvalue weighted by molar-refractivity contribution is 5.91. The van der Waals surface area contributed by atoms with Crippen molar-refractivity contribution in [3.8, 4) is 5.75 Å². The van der Waals surface area contributed by atoms with Crippen LogP contribution in [0.3, 0.4) is 0 Å². The van der Waals surface area contributed by atoms with Crippen LogP contribution in [0.2, 0.25) is 0 Å². The third-order valence-corrected chi connectivity index (χ3v) is 4.56. The van der Waals surface area contributed by atoms with Gasteiger partial charge in [-0.05, 0) is 37.5 Å². The molecule has 2 aromatic rings. The van der Waals surface area contributed by atoms with Crippen LogP contribution in [-0.4, -0.2) is 39.0 Å². The summed E-state index contributed by atoms with van der Waals surface area (Å²) in [5.74, 6) is 0.512. The second-order valence-corrected chi connectivity index (χ2v) is 6.64. The van der Waals surface area contributed by atoms with Crippen LogP contribution in [0.25, 0.3) is 6.08 Å². The molecule has 6 heteroatoms. The molecule has 0 spiro atoms. The Morgan fingerprint density at radius 2 is 2.08 bits per heavy atom. The number of carbonyl (C=O) groups excluding carboxylic acids is 1. The van der Waals surface area contributed by atoms with Crippen molar-refractivity contribution in [3.63, 3.8) is 0 Å². The summed E-state index contributed by atoms with van der Waals surface area (Å²) in [5, 5.41) is 17.7. The molecule has 1 fully saturated rings. The number of amides is 1. The van der Waals surface area contributed by atoms with Crippen LogP contribution < -0.4 is 10.1 Å². The summed E-state index contributed by atoms with van der Waals surface area (Å²) in [6, 6.07) is 9.16. The Morgan fingerprint density at radius 3 is 2.81 bits per heavy atom. The van der Waals surface area contributed by atoms with E-state index in [-0.39, 0.29) is 18.1 Å². The number of carbonyl (C=O) groups is 1. The largest absolute Gasteiger partial charge is 0.488 e. The van der Waals surface area contributed by atoms with Gasteiger partial charge in [0.25, 0.3) is 0 Å². The summed E-state index contributed by atoms with van der Waals surface area (Å²) in [6.07, 6.45) is 9.06. The molecule has 0 radical (unpaired) electrons. The van der Waals surface area contributed by atoms with Crippen molar-refractivity contribution in [2.45, 2.75) is 43.9 Å². The summed E-state index contributed by atoms with van der Waals surface area (Å²) in [7, 11) is 1.83. The van der Waals surface area contributed by atoms with Gasteiger partial charge in [0.05, 0.1) is 12.2 Å². The fraction of sp³-hybridized carbons (Fsp3) is 0.400. The molecular formula is C20H25N3O3. The maximum Gasteiger partial charge on any atom is 0.244 e. The number of aliphatic hydroxyl groups is 1. The van der Waals surface area contributed by atoms with Crippen molar-refractivity contribution < 1.29 is 14.6 Å². The highest BCUT2D eigenvalue weighted by atomic mass is 16.5. The lowest BCUT2D eigenvalue weighted by Gasteiger charge is -2.28. The number of nitrogens with one attached hydrogen (secondary N) is 1. The predicted molar refractivity (Wildman–Crippen MR) is 99.5 cm³/mol. The standard InChI is InChI=1S/C20H25N3O3/c1-23-14-15(13-21-23)11-12-19(24)22-17-9-5-6-10-18(20(17)25)26-16-7-3-2-4-8-16/h2-4,7-8,11-14,17-18,20,25H,5-6,9-10H2,1H3,(H,22,24)/b12-11+/t17-,18-,20-/m1/s1. The molecule has 3 rings (SSSR count). The minimum Gasteiger partial charge on any atom is -0.488 e. The molecule has 26 heavy (non-hydrogen) atoms. The van der Waals surface area contributed by atoms with E-state index in [4.69, 9.17) is 4.74 Å². The molecule has 3 atom stereocenters. The molecule has 1 saturated carbocycles. The third kappa shape index (κ3) is 4.95. The maximum absolute atomic E-state index is 12.2. The second kappa shape index (κ2) is 8.67. The van der Waals surface area contributed by atoms with Gasteiger partial charge in [0, 0.05) is 24.9 Å². The summed E-state index contributed by atoms with van der Waals surface area (Å²) >= 11 is 0. The number of hydrogen-bond acceptors (Lipinski definition) is 4. The highest BCUT2D eigenvalue weighted by Gasteiger charge is 2.32. The van der Waals surface area contributed by atoms with E-state index in [9.17, 15) is 9.90 Å². The third-order valence-electron chi connectivity index (χ3n) is 4.56. The lowest BCUT2D eigenvalue weighted by molar-refractivity contribution is -0.118. The molecule has 0 bridgehead atoms.